The molecule has 3 heterocycles. The van der Waals surface area contributed by atoms with Gasteiger partial charge in [-0.1, -0.05) is 24.3 Å². The first-order chi connectivity index (χ1) is 15.4. The van der Waals surface area contributed by atoms with Gasteiger partial charge in [0.2, 0.25) is 11.8 Å². The van der Waals surface area contributed by atoms with Crippen LogP contribution in [0.15, 0.2) is 48.5 Å². The largest absolute Gasteiger partial charge is 0.322 e. The van der Waals surface area contributed by atoms with Crippen LogP contribution in [0.25, 0.3) is 10.1 Å². The Balaban J connectivity index is 1.32. The SMILES string of the molecule is O=C1CCC(N2Cc3ccc(C(=O)NC(=O)c4cc5ccccc5s4)cc3C2=O)C(=O)N1. The quantitative estimate of drug-likeness (QED) is 0.598. The summed E-state index contributed by atoms with van der Waals surface area (Å²) in [5.41, 5.74) is 1.18. The molecule has 3 aromatic rings. The number of hydrogen-bond donors (Lipinski definition) is 2. The monoisotopic (exact) mass is 447 g/mol. The first kappa shape index (κ1) is 20.1. The van der Waals surface area contributed by atoms with Crippen LogP contribution < -0.4 is 10.6 Å². The summed E-state index contributed by atoms with van der Waals surface area (Å²) in [7, 11) is 0. The summed E-state index contributed by atoms with van der Waals surface area (Å²) in [6.07, 6.45) is 0.436. The minimum Gasteiger partial charge on any atom is -0.322 e. The van der Waals surface area contributed by atoms with Crippen molar-refractivity contribution in [1.82, 2.24) is 15.5 Å². The summed E-state index contributed by atoms with van der Waals surface area (Å²) < 4.78 is 0.946. The molecule has 0 saturated carbocycles. The summed E-state index contributed by atoms with van der Waals surface area (Å²) in [5, 5.41) is 5.55. The molecule has 1 aromatic heterocycles. The summed E-state index contributed by atoms with van der Waals surface area (Å²) in [6.45, 7) is 0.225. The van der Waals surface area contributed by atoms with Gasteiger partial charge in [0.25, 0.3) is 17.7 Å². The fraction of sp³-hybridized carbons (Fsp3) is 0.174. The molecule has 9 heteroatoms. The molecule has 32 heavy (non-hydrogen) atoms. The van der Waals surface area contributed by atoms with E-state index in [9.17, 15) is 24.0 Å². The van der Waals surface area contributed by atoms with Crippen molar-refractivity contribution < 1.29 is 24.0 Å². The molecule has 5 rings (SSSR count). The number of piperidine rings is 1. The third-order valence-corrected chi connectivity index (χ3v) is 6.78. The number of rotatable bonds is 3. The lowest BCUT2D eigenvalue weighted by molar-refractivity contribution is -0.136. The molecular weight excluding hydrogens is 430 g/mol. The minimum absolute atomic E-state index is 0.171. The van der Waals surface area contributed by atoms with Crippen molar-refractivity contribution in [1.29, 1.82) is 0 Å². The third-order valence-electron chi connectivity index (χ3n) is 5.67. The van der Waals surface area contributed by atoms with Crippen molar-refractivity contribution in [3.63, 3.8) is 0 Å². The van der Waals surface area contributed by atoms with Crippen LogP contribution in [0, 0.1) is 0 Å². The van der Waals surface area contributed by atoms with Crippen LogP contribution in [0.4, 0.5) is 0 Å². The van der Waals surface area contributed by atoms with Gasteiger partial charge in [0.1, 0.15) is 6.04 Å². The number of carbonyl (C=O) groups excluding carboxylic acids is 5. The normalized spacial score (nSPS) is 17.9. The molecule has 0 radical (unpaired) electrons. The highest BCUT2D eigenvalue weighted by atomic mass is 32.1. The Bertz CT molecular complexity index is 1300. The average molecular weight is 447 g/mol. The topological polar surface area (TPSA) is 113 Å². The summed E-state index contributed by atoms with van der Waals surface area (Å²) in [4.78, 5) is 63.5. The Hall–Kier alpha value is -3.85. The second kappa shape index (κ2) is 7.69. The number of carbonyl (C=O) groups is 5. The Morgan fingerprint density at radius 3 is 2.62 bits per heavy atom. The van der Waals surface area contributed by atoms with Crippen LogP contribution >= 0.6 is 11.3 Å². The van der Waals surface area contributed by atoms with E-state index in [1.54, 1.807) is 18.2 Å². The maximum atomic E-state index is 12.9. The number of amides is 5. The molecule has 2 aliphatic rings. The lowest BCUT2D eigenvalue weighted by Gasteiger charge is -2.29. The Labute approximate surface area is 186 Å². The highest BCUT2D eigenvalue weighted by Gasteiger charge is 2.39. The Morgan fingerprint density at radius 1 is 1.03 bits per heavy atom. The zero-order valence-electron chi connectivity index (χ0n) is 16.7. The smallest absolute Gasteiger partial charge is 0.268 e. The van der Waals surface area contributed by atoms with E-state index < -0.39 is 23.8 Å². The zero-order valence-corrected chi connectivity index (χ0v) is 17.5. The van der Waals surface area contributed by atoms with Crippen LogP contribution in [0.1, 0.15) is 48.8 Å². The molecule has 2 aromatic carbocycles. The molecule has 5 amide bonds. The van der Waals surface area contributed by atoms with Gasteiger partial charge in [-0.05, 0) is 41.6 Å². The van der Waals surface area contributed by atoms with Crippen LogP contribution in [-0.2, 0) is 16.1 Å². The Morgan fingerprint density at radius 2 is 1.84 bits per heavy atom. The third kappa shape index (κ3) is 3.46. The van der Waals surface area contributed by atoms with Gasteiger partial charge in [-0.3, -0.25) is 34.6 Å². The molecule has 1 unspecified atom stereocenters. The maximum Gasteiger partial charge on any atom is 0.268 e. The lowest BCUT2D eigenvalue weighted by atomic mass is 10.0. The zero-order chi connectivity index (χ0) is 22.4. The van der Waals surface area contributed by atoms with E-state index in [-0.39, 0.29) is 36.8 Å². The number of nitrogens with zero attached hydrogens (tertiary/aromatic N) is 1. The summed E-state index contributed by atoms with van der Waals surface area (Å²) in [5.74, 6) is -2.33. The molecule has 8 nitrogen and oxygen atoms in total. The van der Waals surface area contributed by atoms with Crippen LogP contribution in [0.5, 0.6) is 0 Å². The molecule has 0 aliphatic carbocycles. The van der Waals surface area contributed by atoms with Gasteiger partial charge in [0, 0.05) is 28.8 Å². The molecule has 1 atom stereocenters. The predicted molar refractivity (Wildman–Crippen MR) is 116 cm³/mol. The number of imide groups is 2. The maximum absolute atomic E-state index is 12.9. The molecule has 0 bridgehead atoms. The van der Waals surface area contributed by atoms with Crippen molar-refractivity contribution in [2.45, 2.75) is 25.4 Å². The van der Waals surface area contributed by atoms with Crippen LogP contribution in [0.2, 0.25) is 0 Å². The molecular formula is C23H17N3O5S. The number of hydrogen-bond acceptors (Lipinski definition) is 6. The highest BCUT2D eigenvalue weighted by Crippen LogP contribution is 2.29. The number of benzene rings is 2. The van der Waals surface area contributed by atoms with Gasteiger partial charge >= 0.3 is 0 Å². The molecule has 0 spiro atoms. The van der Waals surface area contributed by atoms with E-state index in [1.807, 2.05) is 24.3 Å². The lowest BCUT2D eigenvalue weighted by Crippen LogP contribution is -2.52. The predicted octanol–water partition coefficient (Wildman–Crippen LogP) is 2.23. The van der Waals surface area contributed by atoms with Gasteiger partial charge in [-0.2, -0.15) is 0 Å². The highest BCUT2D eigenvalue weighted by molar-refractivity contribution is 7.20. The first-order valence-corrected chi connectivity index (χ1v) is 10.8. The van der Waals surface area contributed by atoms with Crippen molar-refractivity contribution >= 4 is 51.0 Å². The average Bonchev–Trinajstić information content (AvgIpc) is 3.35. The standard InChI is InChI=1S/C23H17N3O5S/c27-19-8-7-16(21(29)24-19)26-11-14-6-5-13(9-15(14)23(26)31)20(28)25-22(30)18-10-12-3-1-2-4-17(12)32-18/h1-6,9-10,16H,7-8,11H2,(H,24,27,29)(H,25,28,30). The number of nitrogens with one attached hydrogen (secondary N) is 2. The van der Waals surface area contributed by atoms with E-state index in [4.69, 9.17) is 0 Å². The summed E-state index contributed by atoms with van der Waals surface area (Å²) >= 11 is 1.29. The van der Waals surface area contributed by atoms with Gasteiger partial charge in [-0.25, -0.2) is 0 Å². The van der Waals surface area contributed by atoms with E-state index in [1.165, 1.54) is 22.3 Å². The van der Waals surface area contributed by atoms with E-state index >= 15 is 0 Å². The molecule has 1 saturated heterocycles. The second-order valence-electron chi connectivity index (χ2n) is 7.70. The van der Waals surface area contributed by atoms with Gasteiger partial charge in [0.05, 0.1) is 4.88 Å². The van der Waals surface area contributed by atoms with Crippen molar-refractivity contribution in [2.24, 2.45) is 0 Å². The van der Waals surface area contributed by atoms with E-state index in [0.717, 1.165) is 10.1 Å². The van der Waals surface area contributed by atoms with Gasteiger partial charge in [-0.15, -0.1) is 11.3 Å². The minimum atomic E-state index is -0.723. The molecule has 160 valence electrons. The Kier molecular flexibility index (Phi) is 4.82. The molecule has 1 fully saturated rings. The van der Waals surface area contributed by atoms with Gasteiger partial charge in [0.15, 0.2) is 0 Å². The van der Waals surface area contributed by atoms with Crippen molar-refractivity contribution in [2.75, 3.05) is 0 Å². The van der Waals surface area contributed by atoms with E-state index in [2.05, 4.69) is 10.6 Å². The van der Waals surface area contributed by atoms with Gasteiger partial charge < -0.3 is 4.90 Å². The first-order valence-electron chi connectivity index (χ1n) is 10.0. The fourth-order valence-corrected chi connectivity index (χ4v) is 4.98. The van der Waals surface area contributed by atoms with Crippen LogP contribution in [0.3, 0.4) is 0 Å². The number of fused-ring (bicyclic) bond motifs is 2. The fourth-order valence-electron chi connectivity index (χ4n) is 4.03. The van der Waals surface area contributed by atoms with Crippen molar-refractivity contribution in [3.05, 3.63) is 70.1 Å². The summed E-state index contributed by atoms with van der Waals surface area (Å²) in [6, 6.07) is 13.2. The molecule has 2 aliphatic heterocycles. The molecule has 2 N–H and O–H groups in total. The number of thiophene rings is 1. The second-order valence-corrected chi connectivity index (χ2v) is 8.79. The van der Waals surface area contributed by atoms with E-state index in [0.29, 0.717) is 16.0 Å². The van der Waals surface area contributed by atoms with Crippen LogP contribution in [-0.4, -0.2) is 40.5 Å². The van der Waals surface area contributed by atoms with Crippen molar-refractivity contribution in [3.8, 4) is 0 Å².